The van der Waals surface area contributed by atoms with Gasteiger partial charge in [-0.15, -0.1) is 0 Å². The zero-order valence-electron chi connectivity index (χ0n) is 9.44. The smallest absolute Gasteiger partial charge is 0.321 e. The lowest BCUT2D eigenvalue weighted by molar-refractivity contribution is 0.252. The highest BCUT2D eigenvalue weighted by atomic mass is 16.5. The predicted molar refractivity (Wildman–Crippen MR) is 62.8 cm³/mol. The summed E-state index contributed by atoms with van der Waals surface area (Å²) >= 11 is 0. The Balaban J connectivity index is 1.91. The molecule has 5 nitrogen and oxygen atoms in total. The lowest BCUT2D eigenvalue weighted by atomic mass is 10.2. The standard InChI is InChI=1S/C12H14N2O3/c15-12-13-4-5-14(12)9-2-3-10-11(8-9)17-7-1-6-16-10/h2-3,8H,1,4-7H2,(H,13,15). The summed E-state index contributed by atoms with van der Waals surface area (Å²) in [6.45, 7) is 2.71. The zero-order chi connectivity index (χ0) is 11.7. The number of urea groups is 1. The van der Waals surface area contributed by atoms with Gasteiger partial charge in [0, 0.05) is 31.3 Å². The molecule has 1 saturated heterocycles. The van der Waals surface area contributed by atoms with Crippen LogP contribution in [-0.2, 0) is 0 Å². The molecule has 3 rings (SSSR count). The van der Waals surface area contributed by atoms with E-state index in [-0.39, 0.29) is 6.03 Å². The Hall–Kier alpha value is -1.91. The fourth-order valence-electron chi connectivity index (χ4n) is 2.04. The summed E-state index contributed by atoms with van der Waals surface area (Å²) < 4.78 is 11.1. The van der Waals surface area contributed by atoms with Crippen molar-refractivity contribution in [2.75, 3.05) is 31.2 Å². The Morgan fingerprint density at radius 3 is 2.76 bits per heavy atom. The number of amides is 2. The molecule has 17 heavy (non-hydrogen) atoms. The zero-order valence-corrected chi connectivity index (χ0v) is 9.44. The lowest BCUT2D eigenvalue weighted by Gasteiger charge is -2.16. The number of nitrogens with one attached hydrogen (secondary N) is 1. The summed E-state index contributed by atoms with van der Waals surface area (Å²) in [5, 5.41) is 2.78. The summed E-state index contributed by atoms with van der Waals surface area (Å²) in [7, 11) is 0. The van der Waals surface area contributed by atoms with Gasteiger partial charge < -0.3 is 14.8 Å². The number of anilines is 1. The van der Waals surface area contributed by atoms with Gasteiger partial charge >= 0.3 is 6.03 Å². The van der Waals surface area contributed by atoms with Gasteiger partial charge in [0.15, 0.2) is 11.5 Å². The third kappa shape index (κ3) is 1.88. The molecule has 1 aromatic rings. The first-order valence-corrected chi connectivity index (χ1v) is 5.79. The largest absolute Gasteiger partial charge is 0.490 e. The molecule has 90 valence electrons. The molecular formula is C12H14N2O3. The van der Waals surface area contributed by atoms with Crippen LogP contribution in [0.25, 0.3) is 0 Å². The summed E-state index contributed by atoms with van der Waals surface area (Å²) in [5.74, 6) is 1.48. The SMILES string of the molecule is O=C1NCCN1c1ccc2c(c1)OCCCO2. The average Bonchev–Trinajstić information content (AvgIpc) is 2.64. The second-order valence-corrected chi connectivity index (χ2v) is 4.07. The number of hydrogen-bond acceptors (Lipinski definition) is 3. The van der Waals surface area contributed by atoms with Crippen LogP contribution in [0.1, 0.15) is 6.42 Å². The first kappa shape index (κ1) is 10.3. The summed E-state index contributed by atoms with van der Waals surface area (Å²) in [6.07, 6.45) is 0.883. The number of hydrogen-bond donors (Lipinski definition) is 1. The second-order valence-electron chi connectivity index (χ2n) is 4.07. The van der Waals surface area contributed by atoms with E-state index in [1.54, 1.807) is 4.90 Å². The number of fused-ring (bicyclic) bond motifs is 1. The minimum Gasteiger partial charge on any atom is -0.490 e. The van der Waals surface area contributed by atoms with Crippen molar-refractivity contribution in [3.05, 3.63) is 18.2 Å². The number of carbonyl (C=O) groups excluding carboxylic acids is 1. The Bertz CT molecular complexity index is 447. The van der Waals surface area contributed by atoms with E-state index >= 15 is 0 Å². The Morgan fingerprint density at radius 2 is 2.00 bits per heavy atom. The van der Waals surface area contributed by atoms with Crippen molar-refractivity contribution < 1.29 is 14.3 Å². The van der Waals surface area contributed by atoms with Crippen LogP contribution in [0.5, 0.6) is 11.5 Å². The molecule has 0 spiro atoms. The van der Waals surface area contributed by atoms with Crippen LogP contribution in [0, 0.1) is 0 Å². The molecule has 2 aliphatic rings. The number of benzene rings is 1. The van der Waals surface area contributed by atoms with E-state index in [1.165, 1.54) is 0 Å². The molecule has 2 aliphatic heterocycles. The molecule has 1 aromatic carbocycles. The molecule has 1 N–H and O–H groups in total. The maximum absolute atomic E-state index is 11.6. The highest BCUT2D eigenvalue weighted by Gasteiger charge is 2.22. The molecule has 5 heteroatoms. The van der Waals surface area contributed by atoms with Crippen LogP contribution >= 0.6 is 0 Å². The number of carbonyl (C=O) groups is 1. The lowest BCUT2D eigenvalue weighted by Crippen LogP contribution is -2.27. The van der Waals surface area contributed by atoms with Crippen molar-refractivity contribution in [3.63, 3.8) is 0 Å². The van der Waals surface area contributed by atoms with Gasteiger partial charge in [0.05, 0.1) is 13.2 Å². The van der Waals surface area contributed by atoms with E-state index < -0.39 is 0 Å². The topological polar surface area (TPSA) is 50.8 Å². The van der Waals surface area contributed by atoms with E-state index in [0.717, 1.165) is 23.6 Å². The molecule has 0 bridgehead atoms. The molecule has 1 fully saturated rings. The molecule has 0 atom stereocenters. The van der Waals surface area contributed by atoms with Crippen LogP contribution in [0.4, 0.5) is 10.5 Å². The van der Waals surface area contributed by atoms with Crippen molar-refractivity contribution in [3.8, 4) is 11.5 Å². The monoisotopic (exact) mass is 234 g/mol. The summed E-state index contributed by atoms with van der Waals surface area (Å²) in [4.78, 5) is 13.3. The van der Waals surface area contributed by atoms with E-state index in [0.29, 0.717) is 26.3 Å². The van der Waals surface area contributed by atoms with Crippen molar-refractivity contribution in [2.45, 2.75) is 6.42 Å². The van der Waals surface area contributed by atoms with Crippen LogP contribution in [-0.4, -0.2) is 32.3 Å². The molecular weight excluding hydrogens is 220 g/mol. The third-order valence-electron chi connectivity index (χ3n) is 2.90. The minimum absolute atomic E-state index is 0.0560. The minimum atomic E-state index is -0.0560. The number of rotatable bonds is 1. The van der Waals surface area contributed by atoms with E-state index in [4.69, 9.17) is 9.47 Å². The quantitative estimate of drug-likeness (QED) is 0.798. The summed E-state index contributed by atoms with van der Waals surface area (Å²) in [5.41, 5.74) is 0.851. The van der Waals surface area contributed by atoms with Gasteiger partial charge in [-0.1, -0.05) is 0 Å². The van der Waals surface area contributed by atoms with Gasteiger partial charge in [0.1, 0.15) is 0 Å². The third-order valence-corrected chi connectivity index (χ3v) is 2.90. The van der Waals surface area contributed by atoms with Crippen LogP contribution in [0.2, 0.25) is 0 Å². The first-order chi connectivity index (χ1) is 8.34. The van der Waals surface area contributed by atoms with Gasteiger partial charge in [-0.2, -0.15) is 0 Å². The van der Waals surface area contributed by atoms with Crippen molar-refractivity contribution in [1.29, 1.82) is 0 Å². The predicted octanol–water partition coefficient (Wildman–Crippen LogP) is 1.38. The highest BCUT2D eigenvalue weighted by Crippen LogP contribution is 2.33. The molecule has 2 amide bonds. The normalized spacial score (nSPS) is 18.8. The maximum Gasteiger partial charge on any atom is 0.321 e. The van der Waals surface area contributed by atoms with E-state index in [2.05, 4.69) is 5.32 Å². The molecule has 0 saturated carbocycles. The fourth-order valence-corrected chi connectivity index (χ4v) is 2.04. The van der Waals surface area contributed by atoms with Crippen LogP contribution in [0.15, 0.2) is 18.2 Å². The molecule has 2 heterocycles. The first-order valence-electron chi connectivity index (χ1n) is 5.79. The maximum atomic E-state index is 11.6. The molecule has 0 unspecified atom stereocenters. The molecule has 0 radical (unpaired) electrons. The van der Waals surface area contributed by atoms with Crippen LogP contribution in [0.3, 0.4) is 0 Å². The number of nitrogens with zero attached hydrogens (tertiary/aromatic N) is 1. The average molecular weight is 234 g/mol. The Morgan fingerprint density at radius 1 is 1.18 bits per heavy atom. The van der Waals surface area contributed by atoms with Gasteiger partial charge in [-0.3, -0.25) is 4.90 Å². The Kier molecular flexibility index (Phi) is 2.51. The number of ether oxygens (including phenoxy) is 2. The second kappa shape index (κ2) is 4.16. The summed E-state index contributed by atoms with van der Waals surface area (Å²) in [6, 6.07) is 5.56. The Labute approximate surface area is 99.3 Å². The van der Waals surface area contributed by atoms with Crippen molar-refractivity contribution in [1.82, 2.24) is 5.32 Å². The van der Waals surface area contributed by atoms with E-state index in [1.807, 2.05) is 18.2 Å². The fraction of sp³-hybridized carbons (Fsp3) is 0.417. The van der Waals surface area contributed by atoms with Gasteiger partial charge in [0.2, 0.25) is 0 Å². The van der Waals surface area contributed by atoms with Crippen molar-refractivity contribution in [2.24, 2.45) is 0 Å². The van der Waals surface area contributed by atoms with Gasteiger partial charge in [-0.05, 0) is 12.1 Å². The van der Waals surface area contributed by atoms with Gasteiger partial charge in [-0.25, -0.2) is 4.79 Å². The van der Waals surface area contributed by atoms with Crippen LogP contribution < -0.4 is 19.7 Å². The highest BCUT2D eigenvalue weighted by molar-refractivity contribution is 5.94. The van der Waals surface area contributed by atoms with E-state index in [9.17, 15) is 4.79 Å². The van der Waals surface area contributed by atoms with Gasteiger partial charge in [0.25, 0.3) is 0 Å². The molecule has 0 aliphatic carbocycles. The molecule has 0 aromatic heterocycles. The van der Waals surface area contributed by atoms with Crippen molar-refractivity contribution >= 4 is 11.7 Å².